The van der Waals surface area contributed by atoms with Crippen molar-refractivity contribution in [3.8, 4) is 0 Å². The van der Waals surface area contributed by atoms with Crippen molar-refractivity contribution in [2.24, 2.45) is 22.7 Å². The molecular formula is C29H30N4O7. The summed E-state index contributed by atoms with van der Waals surface area (Å²) in [4.78, 5) is 75.8. The minimum Gasteiger partial charge on any atom is -0.468 e. The quantitative estimate of drug-likeness (QED) is 0.434. The first kappa shape index (κ1) is 26.0. The van der Waals surface area contributed by atoms with Crippen molar-refractivity contribution >= 4 is 46.6 Å². The van der Waals surface area contributed by atoms with Gasteiger partial charge in [-0.15, -0.1) is 0 Å². The minimum atomic E-state index is -1.39. The third-order valence-corrected chi connectivity index (χ3v) is 8.93. The maximum atomic E-state index is 13.7. The second-order valence-electron chi connectivity index (χ2n) is 10.8. The molecule has 40 heavy (non-hydrogen) atoms. The monoisotopic (exact) mass is 546 g/mol. The number of esters is 1. The van der Waals surface area contributed by atoms with Crippen LogP contribution in [-0.2, 0) is 35.1 Å². The van der Waals surface area contributed by atoms with Crippen LogP contribution >= 0.6 is 0 Å². The van der Waals surface area contributed by atoms with Gasteiger partial charge in [-0.25, -0.2) is 9.69 Å². The number of aromatic nitrogens is 1. The number of carbonyl (C=O) groups is 5. The van der Waals surface area contributed by atoms with Gasteiger partial charge in [-0.05, 0) is 44.2 Å². The molecule has 2 aromatic rings. The van der Waals surface area contributed by atoms with Crippen LogP contribution in [0.3, 0.4) is 0 Å². The smallest absolute Gasteiger partial charge is 0.424 e. The highest BCUT2D eigenvalue weighted by atomic mass is 16.6. The molecule has 11 heteroatoms. The number of para-hydroxylation sites is 1. The number of aliphatic imine (C=N–C) groups is 1. The van der Waals surface area contributed by atoms with E-state index in [2.05, 4.69) is 9.98 Å². The van der Waals surface area contributed by atoms with Crippen molar-refractivity contribution in [2.75, 3.05) is 20.2 Å². The summed E-state index contributed by atoms with van der Waals surface area (Å²) in [7, 11) is 1.20. The molecule has 4 heterocycles. The van der Waals surface area contributed by atoms with Gasteiger partial charge in [0.1, 0.15) is 12.1 Å². The van der Waals surface area contributed by atoms with Gasteiger partial charge in [0.2, 0.25) is 17.7 Å². The number of likely N-dealkylation sites (tertiary alicyclic amines) is 1. The van der Waals surface area contributed by atoms with Crippen molar-refractivity contribution in [1.29, 1.82) is 0 Å². The van der Waals surface area contributed by atoms with E-state index in [1.54, 1.807) is 6.92 Å². The molecular weight excluding hydrogens is 516 g/mol. The Morgan fingerprint density at radius 1 is 1.20 bits per heavy atom. The molecule has 2 saturated heterocycles. The fraction of sp³-hybridized carbons (Fsp3) is 0.448. The number of H-pyrrole nitrogens is 1. The lowest BCUT2D eigenvalue weighted by Crippen LogP contribution is -2.63. The standard InChI is InChI=1S/C29H30N4O7/c1-4-16-18-9-10-19-22(26(37)32(24(19)35)14-21(34)39-3)23(18)29(2)27(40-28(38)33(29)25(16)36)30-12-11-15-13-31-20-8-6-5-7-17(15)20/h5-8,13,19,22-23,31H,4,9-12,14H2,1-3H3/t19-,22-,23+,29+/m1/s1. The normalized spacial score (nSPS) is 28.8. The zero-order chi connectivity index (χ0) is 28.3. The molecule has 3 aliphatic heterocycles. The average molecular weight is 547 g/mol. The van der Waals surface area contributed by atoms with Gasteiger partial charge in [-0.2, -0.15) is 0 Å². The van der Waals surface area contributed by atoms with E-state index in [-0.39, 0.29) is 12.4 Å². The molecule has 1 aliphatic carbocycles. The minimum absolute atomic E-state index is 0.0654. The number of benzene rings is 1. The van der Waals surface area contributed by atoms with E-state index in [4.69, 9.17) is 9.47 Å². The summed E-state index contributed by atoms with van der Waals surface area (Å²) in [5, 5.41) is 1.07. The van der Waals surface area contributed by atoms with Crippen LogP contribution in [0.5, 0.6) is 0 Å². The van der Waals surface area contributed by atoms with E-state index in [9.17, 15) is 24.0 Å². The number of cyclic esters (lactones) is 1. The van der Waals surface area contributed by atoms with E-state index in [0.717, 1.165) is 31.8 Å². The number of carbonyl (C=O) groups excluding carboxylic acids is 5. The highest BCUT2D eigenvalue weighted by Crippen LogP contribution is 2.55. The third-order valence-electron chi connectivity index (χ3n) is 8.93. The van der Waals surface area contributed by atoms with Gasteiger partial charge in [0.25, 0.3) is 5.91 Å². The number of hydrogen-bond donors (Lipinski definition) is 1. The summed E-state index contributed by atoms with van der Waals surface area (Å²) in [6.07, 6.45) is 2.79. The Morgan fingerprint density at radius 2 is 1.98 bits per heavy atom. The van der Waals surface area contributed by atoms with Crippen molar-refractivity contribution in [2.45, 2.75) is 45.1 Å². The molecule has 1 aromatic carbocycles. The number of hydrogen-bond acceptors (Lipinski definition) is 8. The Morgan fingerprint density at radius 3 is 2.73 bits per heavy atom. The third kappa shape index (κ3) is 3.56. The number of nitrogens with one attached hydrogen (secondary N) is 1. The molecule has 0 radical (unpaired) electrons. The maximum Gasteiger partial charge on any atom is 0.424 e. The first-order valence-electron chi connectivity index (χ1n) is 13.5. The molecule has 208 valence electrons. The van der Waals surface area contributed by atoms with E-state index >= 15 is 0 Å². The molecule has 1 N–H and O–H groups in total. The summed E-state index contributed by atoms with van der Waals surface area (Å²) in [5.41, 5.74) is 1.89. The SMILES string of the molecule is CCC1=C2CC[C@H]3C(=O)N(CC(=O)OC)C(=O)[C@H]3[C@H]2[C@@]2(C)C(=NCCc3c[nH]c4ccccc34)OC(=O)N2C1=O. The summed E-state index contributed by atoms with van der Waals surface area (Å²) in [6.45, 7) is 3.33. The highest BCUT2D eigenvalue weighted by Gasteiger charge is 2.68. The molecule has 6 rings (SSSR count). The first-order valence-corrected chi connectivity index (χ1v) is 13.5. The summed E-state index contributed by atoms with van der Waals surface area (Å²) >= 11 is 0. The van der Waals surface area contributed by atoms with Gasteiger partial charge < -0.3 is 14.5 Å². The molecule has 4 amide bonds. The van der Waals surface area contributed by atoms with E-state index in [1.807, 2.05) is 37.4 Å². The molecule has 0 bridgehead atoms. The fourth-order valence-corrected chi connectivity index (χ4v) is 7.09. The van der Waals surface area contributed by atoms with Gasteiger partial charge >= 0.3 is 12.1 Å². The lowest BCUT2D eigenvalue weighted by Gasteiger charge is -2.48. The average Bonchev–Trinajstić information content (AvgIpc) is 3.55. The number of rotatable bonds is 6. The van der Waals surface area contributed by atoms with E-state index < -0.39 is 59.6 Å². The van der Waals surface area contributed by atoms with Crippen LogP contribution < -0.4 is 0 Å². The van der Waals surface area contributed by atoms with Crippen LogP contribution in [0.1, 0.15) is 38.7 Å². The van der Waals surface area contributed by atoms with E-state index in [0.29, 0.717) is 31.3 Å². The van der Waals surface area contributed by atoms with Crippen molar-refractivity contribution < 1.29 is 33.4 Å². The van der Waals surface area contributed by atoms with Crippen molar-refractivity contribution in [1.82, 2.24) is 14.8 Å². The predicted octanol–water partition coefficient (Wildman–Crippen LogP) is 2.75. The highest BCUT2D eigenvalue weighted by molar-refractivity contribution is 6.17. The topological polar surface area (TPSA) is 138 Å². The second kappa shape index (κ2) is 9.42. The molecule has 1 saturated carbocycles. The fourth-order valence-electron chi connectivity index (χ4n) is 7.09. The Kier molecular flexibility index (Phi) is 6.12. The number of nitrogens with zero attached hydrogens (tertiary/aromatic N) is 3. The number of imide groups is 2. The summed E-state index contributed by atoms with van der Waals surface area (Å²) < 4.78 is 10.4. The van der Waals surface area contributed by atoms with Crippen LogP contribution in [0.25, 0.3) is 10.9 Å². The van der Waals surface area contributed by atoms with Crippen molar-refractivity contribution in [3.05, 3.63) is 47.2 Å². The van der Waals surface area contributed by atoms with Gasteiger partial charge in [0.05, 0.1) is 18.9 Å². The Labute approximate surface area is 230 Å². The van der Waals surface area contributed by atoms with Crippen LogP contribution in [-0.4, -0.2) is 76.2 Å². The molecule has 1 aromatic heterocycles. The van der Waals surface area contributed by atoms with Crippen LogP contribution in [0.2, 0.25) is 0 Å². The largest absolute Gasteiger partial charge is 0.468 e. The van der Waals surface area contributed by atoms with Gasteiger partial charge in [0.15, 0.2) is 0 Å². The van der Waals surface area contributed by atoms with Gasteiger partial charge in [0, 0.05) is 35.1 Å². The van der Waals surface area contributed by atoms with Crippen molar-refractivity contribution in [3.63, 3.8) is 0 Å². The number of amides is 4. The van der Waals surface area contributed by atoms with Crippen LogP contribution in [0, 0.1) is 17.8 Å². The Bertz CT molecular complexity index is 1540. The number of fused-ring (bicyclic) bond motifs is 6. The number of ether oxygens (including phenoxy) is 2. The Hall–Kier alpha value is -4.28. The summed E-state index contributed by atoms with van der Waals surface area (Å²) in [6, 6.07) is 7.91. The van der Waals surface area contributed by atoms with Gasteiger partial charge in [-0.1, -0.05) is 30.7 Å². The molecule has 0 unspecified atom stereocenters. The lowest BCUT2D eigenvalue weighted by molar-refractivity contribution is -0.151. The Balaban J connectivity index is 1.40. The first-order chi connectivity index (χ1) is 19.2. The number of aromatic amines is 1. The zero-order valence-corrected chi connectivity index (χ0v) is 22.6. The molecule has 4 aliphatic rings. The molecule has 4 atom stereocenters. The van der Waals surface area contributed by atoms with Crippen LogP contribution in [0.4, 0.5) is 4.79 Å². The molecule has 0 spiro atoms. The zero-order valence-electron chi connectivity index (χ0n) is 22.6. The predicted molar refractivity (Wildman–Crippen MR) is 142 cm³/mol. The molecule has 11 nitrogen and oxygen atoms in total. The van der Waals surface area contributed by atoms with Crippen LogP contribution in [0.15, 0.2) is 46.6 Å². The van der Waals surface area contributed by atoms with Gasteiger partial charge in [-0.3, -0.25) is 29.1 Å². The molecule has 3 fully saturated rings. The van der Waals surface area contributed by atoms with E-state index in [1.165, 1.54) is 7.11 Å². The lowest BCUT2D eigenvalue weighted by atomic mass is 9.59. The second-order valence-corrected chi connectivity index (χ2v) is 10.8. The number of methoxy groups -OCH3 is 1. The summed E-state index contributed by atoms with van der Waals surface area (Å²) in [5.74, 6) is -4.28. The maximum absolute atomic E-state index is 13.7.